The van der Waals surface area contributed by atoms with E-state index in [1.165, 1.54) is 18.2 Å². The molecule has 0 aliphatic carbocycles. The molecule has 1 aliphatic heterocycles. The summed E-state index contributed by atoms with van der Waals surface area (Å²) in [6, 6.07) is 11.4. The van der Waals surface area contributed by atoms with Gasteiger partial charge in [0.05, 0.1) is 26.6 Å². The van der Waals surface area contributed by atoms with Crippen LogP contribution in [0.3, 0.4) is 0 Å². The molecule has 0 saturated carbocycles. The maximum absolute atomic E-state index is 12.7. The number of hydrogen-bond donors (Lipinski definition) is 0. The molecule has 9 heteroatoms. The standard InChI is InChI=1S/C19H15IN2O5S/c1-2-27-16-7-6-12(9-15(16)20)10-17-18(23)21(19(24)28-17)11-13-4-3-5-14(8-13)22(25)26/h3-10H,2,11H2,1H3/b17-10+. The van der Waals surface area contributed by atoms with Crippen LogP contribution in [0.4, 0.5) is 10.5 Å². The van der Waals surface area contributed by atoms with E-state index in [0.717, 1.165) is 31.5 Å². The van der Waals surface area contributed by atoms with Gasteiger partial charge in [0, 0.05) is 12.1 Å². The summed E-state index contributed by atoms with van der Waals surface area (Å²) in [5, 5.41) is 10.5. The second kappa shape index (κ2) is 8.74. The zero-order valence-corrected chi connectivity index (χ0v) is 17.7. The normalized spacial score (nSPS) is 15.4. The molecular weight excluding hydrogens is 495 g/mol. The van der Waals surface area contributed by atoms with Crippen molar-refractivity contribution in [1.29, 1.82) is 0 Å². The number of rotatable bonds is 6. The van der Waals surface area contributed by atoms with Crippen molar-refractivity contribution in [2.45, 2.75) is 13.5 Å². The summed E-state index contributed by atoms with van der Waals surface area (Å²) in [5.74, 6) is 0.351. The van der Waals surface area contributed by atoms with Crippen molar-refractivity contribution in [3.8, 4) is 5.75 Å². The van der Waals surface area contributed by atoms with Gasteiger partial charge in [0.1, 0.15) is 5.75 Å². The largest absolute Gasteiger partial charge is 0.493 e. The van der Waals surface area contributed by atoms with Crippen molar-refractivity contribution in [2.75, 3.05) is 6.61 Å². The number of ether oxygens (including phenoxy) is 1. The molecule has 0 atom stereocenters. The topological polar surface area (TPSA) is 89.8 Å². The van der Waals surface area contributed by atoms with Crippen LogP contribution in [0, 0.1) is 13.7 Å². The first-order valence-electron chi connectivity index (χ1n) is 8.30. The van der Waals surface area contributed by atoms with Crippen LogP contribution in [0.1, 0.15) is 18.1 Å². The average molecular weight is 510 g/mol. The van der Waals surface area contributed by atoms with Crippen LogP contribution in [-0.2, 0) is 11.3 Å². The van der Waals surface area contributed by atoms with Gasteiger partial charge in [0.15, 0.2) is 0 Å². The average Bonchev–Trinajstić information content (AvgIpc) is 2.92. The zero-order chi connectivity index (χ0) is 20.3. The quantitative estimate of drug-likeness (QED) is 0.239. The van der Waals surface area contributed by atoms with Gasteiger partial charge in [-0.05, 0) is 70.6 Å². The second-order valence-electron chi connectivity index (χ2n) is 5.82. The van der Waals surface area contributed by atoms with E-state index in [4.69, 9.17) is 4.74 Å². The lowest BCUT2D eigenvalue weighted by molar-refractivity contribution is -0.384. The molecule has 2 aromatic carbocycles. The first kappa shape index (κ1) is 20.3. The summed E-state index contributed by atoms with van der Waals surface area (Å²) >= 11 is 3.01. The van der Waals surface area contributed by atoms with Crippen LogP contribution < -0.4 is 4.74 Å². The minimum Gasteiger partial charge on any atom is -0.493 e. The summed E-state index contributed by atoms with van der Waals surface area (Å²) < 4.78 is 6.41. The first-order chi connectivity index (χ1) is 13.4. The Morgan fingerprint density at radius 3 is 2.71 bits per heavy atom. The van der Waals surface area contributed by atoms with Crippen LogP contribution >= 0.6 is 34.4 Å². The fraction of sp³-hybridized carbons (Fsp3) is 0.158. The van der Waals surface area contributed by atoms with E-state index >= 15 is 0 Å². The van der Waals surface area contributed by atoms with E-state index in [0.29, 0.717) is 17.1 Å². The zero-order valence-electron chi connectivity index (χ0n) is 14.8. The molecule has 1 heterocycles. The monoisotopic (exact) mass is 510 g/mol. The smallest absolute Gasteiger partial charge is 0.293 e. The molecule has 0 unspecified atom stereocenters. The van der Waals surface area contributed by atoms with Crippen molar-refractivity contribution < 1.29 is 19.2 Å². The molecule has 28 heavy (non-hydrogen) atoms. The maximum atomic E-state index is 12.7. The fourth-order valence-corrected chi connectivity index (χ4v) is 4.15. The van der Waals surface area contributed by atoms with E-state index < -0.39 is 16.1 Å². The molecule has 0 spiro atoms. The van der Waals surface area contributed by atoms with Crippen molar-refractivity contribution in [2.24, 2.45) is 0 Å². The van der Waals surface area contributed by atoms with Crippen LogP contribution in [0.5, 0.6) is 5.75 Å². The molecule has 0 aromatic heterocycles. The number of carbonyl (C=O) groups excluding carboxylic acids is 2. The van der Waals surface area contributed by atoms with Crippen molar-refractivity contribution >= 4 is 57.3 Å². The van der Waals surface area contributed by atoms with Crippen LogP contribution in [0.2, 0.25) is 0 Å². The SMILES string of the molecule is CCOc1ccc(/C=C2/SC(=O)N(Cc3cccc([N+](=O)[O-])c3)C2=O)cc1I. The fourth-order valence-electron chi connectivity index (χ4n) is 2.62. The molecule has 0 bridgehead atoms. The van der Waals surface area contributed by atoms with Gasteiger partial charge in [0.2, 0.25) is 0 Å². The number of carbonyl (C=O) groups is 2. The summed E-state index contributed by atoms with van der Waals surface area (Å²) in [7, 11) is 0. The number of thioether (sulfide) groups is 1. The Labute approximate surface area is 179 Å². The maximum Gasteiger partial charge on any atom is 0.293 e. The predicted molar refractivity (Wildman–Crippen MR) is 115 cm³/mol. The van der Waals surface area contributed by atoms with E-state index in [1.54, 1.807) is 12.1 Å². The van der Waals surface area contributed by atoms with E-state index in [2.05, 4.69) is 22.6 Å². The summed E-state index contributed by atoms with van der Waals surface area (Å²) in [6.07, 6.45) is 1.66. The molecule has 2 amide bonds. The van der Waals surface area contributed by atoms with E-state index in [9.17, 15) is 19.7 Å². The number of nitro benzene ring substituents is 1. The highest BCUT2D eigenvalue weighted by atomic mass is 127. The van der Waals surface area contributed by atoms with Gasteiger partial charge in [-0.25, -0.2) is 0 Å². The number of imide groups is 1. The number of benzene rings is 2. The second-order valence-corrected chi connectivity index (χ2v) is 7.97. The summed E-state index contributed by atoms with van der Waals surface area (Å²) in [6.45, 7) is 2.46. The minimum absolute atomic E-state index is 0.00943. The molecule has 1 saturated heterocycles. The molecule has 7 nitrogen and oxygen atoms in total. The van der Waals surface area contributed by atoms with Gasteiger partial charge in [0.25, 0.3) is 16.8 Å². The molecule has 0 radical (unpaired) electrons. The van der Waals surface area contributed by atoms with Gasteiger partial charge >= 0.3 is 0 Å². The molecule has 1 fully saturated rings. The van der Waals surface area contributed by atoms with Crippen LogP contribution in [0.25, 0.3) is 6.08 Å². The lowest BCUT2D eigenvalue weighted by Gasteiger charge is -2.12. The molecule has 1 aliphatic rings. The number of nitrogens with zero attached hydrogens (tertiary/aromatic N) is 2. The number of halogens is 1. The Bertz CT molecular complexity index is 992. The van der Waals surface area contributed by atoms with Crippen LogP contribution in [-0.4, -0.2) is 27.6 Å². The number of amides is 2. The van der Waals surface area contributed by atoms with Gasteiger partial charge in [-0.3, -0.25) is 24.6 Å². The Morgan fingerprint density at radius 1 is 1.25 bits per heavy atom. The van der Waals surface area contributed by atoms with Crippen molar-refractivity contribution in [1.82, 2.24) is 4.90 Å². The van der Waals surface area contributed by atoms with Gasteiger partial charge in [-0.1, -0.05) is 18.2 Å². The molecule has 0 N–H and O–H groups in total. The summed E-state index contributed by atoms with van der Waals surface area (Å²) in [5.41, 5.74) is 1.23. The third kappa shape index (κ3) is 4.53. The van der Waals surface area contributed by atoms with E-state index in [-0.39, 0.29) is 12.2 Å². The van der Waals surface area contributed by atoms with Crippen molar-refractivity contribution in [3.63, 3.8) is 0 Å². The lowest BCUT2D eigenvalue weighted by atomic mass is 10.2. The highest BCUT2D eigenvalue weighted by molar-refractivity contribution is 14.1. The first-order valence-corrected chi connectivity index (χ1v) is 10.2. The van der Waals surface area contributed by atoms with E-state index in [1.807, 2.05) is 25.1 Å². The van der Waals surface area contributed by atoms with Gasteiger partial charge in [-0.2, -0.15) is 0 Å². The van der Waals surface area contributed by atoms with Crippen molar-refractivity contribution in [3.05, 3.63) is 72.2 Å². The molecule has 3 rings (SSSR count). The Morgan fingerprint density at radius 2 is 2.04 bits per heavy atom. The van der Waals surface area contributed by atoms with Gasteiger partial charge in [-0.15, -0.1) is 0 Å². The third-order valence-corrected chi connectivity index (χ3v) is 5.64. The number of non-ortho nitro benzene ring substituents is 1. The molecule has 2 aromatic rings. The van der Waals surface area contributed by atoms with Crippen LogP contribution in [0.15, 0.2) is 47.4 Å². The Hall–Kier alpha value is -2.40. The highest BCUT2D eigenvalue weighted by Gasteiger charge is 2.35. The third-order valence-electron chi connectivity index (χ3n) is 3.89. The minimum atomic E-state index is -0.509. The highest BCUT2D eigenvalue weighted by Crippen LogP contribution is 2.34. The summed E-state index contributed by atoms with van der Waals surface area (Å²) in [4.78, 5) is 36.7. The molecule has 144 valence electrons. The number of nitro groups is 1. The Balaban J connectivity index is 1.80. The lowest BCUT2D eigenvalue weighted by Crippen LogP contribution is -2.27. The molecular formula is C19H15IN2O5S. The predicted octanol–water partition coefficient (Wildman–Crippen LogP) is 4.83. The number of hydrogen-bond acceptors (Lipinski definition) is 6. The van der Waals surface area contributed by atoms with Gasteiger partial charge < -0.3 is 4.74 Å². The Kier molecular flexibility index (Phi) is 6.35.